The fourth-order valence-corrected chi connectivity index (χ4v) is 1.38. The Morgan fingerprint density at radius 2 is 1.95 bits per heavy atom. The molecule has 0 aromatic heterocycles. The summed E-state index contributed by atoms with van der Waals surface area (Å²) in [5.74, 6) is -0.145. The second kappa shape index (κ2) is 7.38. The van der Waals surface area contributed by atoms with Gasteiger partial charge in [0, 0.05) is 18.2 Å². The van der Waals surface area contributed by atoms with Crippen molar-refractivity contribution in [3.63, 3.8) is 0 Å². The number of primary amides is 1. The summed E-state index contributed by atoms with van der Waals surface area (Å²) in [6.45, 7) is 1.76. The molecule has 1 aromatic carbocycles. The summed E-state index contributed by atoms with van der Waals surface area (Å²) >= 11 is 0. The topological polar surface area (TPSA) is 107 Å². The standard InChI is InChI=1S/C13H19N3O3/c1-2-9(14)7-13(18)16-10-3-5-11(6-4-10)19-8-12(15)17/h3-6,9H,2,7-8,14H2,1H3,(H2,15,17)(H,16,18). The smallest absolute Gasteiger partial charge is 0.255 e. The summed E-state index contributed by atoms with van der Waals surface area (Å²) < 4.78 is 5.10. The zero-order valence-electron chi connectivity index (χ0n) is 10.9. The molecule has 1 unspecified atom stereocenters. The monoisotopic (exact) mass is 265 g/mol. The minimum absolute atomic E-state index is 0.125. The first-order chi connectivity index (χ1) is 9.01. The molecule has 5 N–H and O–H groups in total. The number of rotatable bonds is 7. The van der Waals surface area contributed by atoms with Gasteiger partial charge in [-0.3, -0.25) is 9.59 Å². The fraction of sp³-hybridized carbons (Fsp3) is 0.385. The van der Waals surface area contributed by atoms with Crippen LogP contribution in [-0.2, 0) is 9.59 Å². The highest BCUT2D eigenvalue weighted by atomic mass is 16.5. The van der Waals surface area contributed by atoms with Crippen LogP contribution in [0.25, 0.3) is 0 Å². The molecule has 0 saturated heterocycles. The molecule has 104 valence electrons. The number of carbonyl (C=O) groups is 2. The molecular formula is C13H19N3O3. The summed E-state index contributed by atoms with van der Waals surface area (Å²) in [6, 6.07) is 6.55. The number of nitrogens with two attached hydrogens (primary N) is 2. The summed E-state index contributed by atoms with van der Waals surface area (Å²) in [6.07, 6.45) is 1.05. The van der Waals surface area contributed by atoms with E-state index in [1.54, 1.807) is 24.3 Å². The van der Waals surface area contributed by atoms with E-state index >= 15 is 0 Å². The maximum atomic E-state index is 11.6. The molecule has 0 heterocycles. The summed E-state index contributed by atoms with van der Waals surface area (Å²) in [5.41, 5.74) is 11.3. The van der Waals surface area contributed by atoms with Crippen LogP contribution < -0.4 is 21.5 Å². The number of anilines is 1. The Bertz CT molecular complexity index is 431. The molecule has 0 saturated carbocycles. The predicted octanol–water partition coefficient (Wildman–Crippen LogP) is 0.617. The van der Waals surface area contributed by atoms with Crippen LogP contribution in [0, 0.1) is 0 Å². The number of amides is 2. The normalized spacial score (nSPS) is 11.7. The molecule has 0 spiro atoms. The Kier molecular flexibility index (Phi) is 5.81. The summed E-state index contributed by atoms with van der Waals surface area (Å²) in [4.78, 5) is 22.1. The van der Waals surface area contributed by atoms with Gasteiger partial charge in [-0.2, -0.15) is 0 Å². The van der Waals surface area contributed by atoms with Crippen molar-refractivity contribution >= 4 is 17.5 Å². The van der Waals surface area contributed by atoms with E-state index in [9.17, 15) is 9.59 Å². The van der Waals surface area contributed by atoms with E-state index in [0.717, 1.165) is 6.42 Å². The lowest BCUT2D eigenvalue weighted by Gasteiger charge is -2.10. The molecule has 0 radical (unpaired) electrons. The van der Waals surface area contributed by atoms with Crippen molar-refractivity contribution in [2.75, 3.05) is 11.9 Å². The lowest BCUT2D eigenvalue weighted by Crippen LogP contribution is -2.26. The summed E-state index contributed by atoms with van der Waals surface area (Å²) in [5, 5.41) is 2.73. The highest BCUT2D eigenvalue weighted by molar-refractivity contribution is 5.91. The van der Waals surface area contributed by atoms with E-state index in [-0.39, 0.29) is 25.0 Å². The molecule has 19 heavy (non-hydrogen) atoms. The highest BCUT2D eigenvalue weighted by Crippen LogP contribution is 2.15. The molecule has 6 nitrogen and oxygen atoms in total. The van der Waals surface area contributed by atoms with Crippen LogP contribution in [0.5, 0.6) is 5.75 Å². The first-order valence-electron chi connectivity index (χ1n) is 6.08. The van der Waals surface area contributed by atoms with Gasteiger partial charge in [0.25, 0.3) is 5.91 Å². The molecule has 1 atom stereocenters. The molecule has 0 bridgehead atoms. The van der Waals surface area contributed by atoms with Gasteiger partial charge in [0.2, 0.25) is 5.91 Å². The molecule has 1 aromatic rings. The van der Waals surface area contributed by atoms with Crippen LogP contribution in [0.2, 0.25) is 0 Å². The van der Waals surface area contributed by atoms with Crippen molar-refractivity contribution in [1.29, 1.82) is 0 Å². The largest absolute Gasteiger partial charge is 0.484 e. The van der Waals surface area contributed by atoms with Crippen LogP contribution in [0.4, 0.5) is 5.69 Å². The van der Waals surface area contributed by atoms with Crippen molar-refractivity contribution in [1.82, 2.24) is 0 Å². The number of hydrogen-bond acceptors (Lipinski definition) is 4. The van der Waals surface area contributed by atoms with Crippen LogP contribution in [0.15, 0.2) is 24.3 Å². The van der Waals surface area contributed by atoms with Gasteiger partial charge in [0.1, 0.15) is 5.75 Å². The van der Waals surface area contributed by atoms with Gasteiger partial charge >= 0.3 is 0 Å². The third-order valence-electron chi connectivity index (χ3n) is 2.49. The highest BCUT2D eigenvalue weighted by Gasteiger charge is 2.07. The van der Waals surface area contributed by atoms with Crippen molar-refractivity contribution in [2.45, 2.75) is 25.8 Å². The number of ether oxygens (including phenoxy) is 1. The number of carbonyl (C=O) groups excluding carboxylic acids is 2. The Labute approximate surface area is 112 Å². The Morgan fingerprint density at radius 3 is 2.47 bits per heavy atom. The number of hydrogen-bond donors (Lipinski definition) is 3. The molecule has 6 heteroatoms. The quantitative estimate of drug-likeness (QED) is 0.671. The summed E-state index contributed by atoms with van der Waals surface area (Å²) in [7, 11) is 0. The van der Waals surface area contributed by atoms with Crippen LogP contribution >= 0.6 is 0 Å². The second-order valence-corrected chi connectivity index (χ2v) is 4.20. The number of nitrogens with one attached hydrogen (secondary N) is 1. The van der Waals surface area contributed by atoms with Gasteiger partial charge in [0.15, 0.2) is 6.61 Å². The lowest BCUT2D eigenvalue weighted by atomic mass is 10.1. The molecule has 2 amide bonds. The van der Waals surface area contributed by atoms with E-state index in [2.05, 4.69) is 5.32 Å². The minimum Gasteiger partial charge on any atom is -0.484 e. The SMILES string of the molecule is CCC(N)CC(=O)Nc1ccc(OCC(N)=O)cc1. The first kappa shape index (κ1) is 15.0. The van der Waals surface area contributed by atoms with Crippen molar-refractivity contribution in [2.24, 2.45) is 11.5 Å². The van der Waals surface area contributed by atoms with E-state index < -0.39 is 5.91 Å². The average molecular weight is 265 g/mol. The molecular weight excluding hydrogens is 246 g/mol. The Balaban J connectivity index is 2.47. The van der Waals surface area contributed by atoms with Crippen molar-refractivity contribution < 1.29 is 14.3 Å². The predicted molar refractivity (Wildman–Crippen MR) is 72.6 cm³/mol. The second-order valence-electron chi connectivity index (χ2n) is 4.20. The van der Waals surface area contributed by atoms with Crippen molar-refractivity contribution in [3.8, 4) is 5.75 Å². The average Bonchev–Trinajstić information content (AvgIpc) is 2.37. The number of benzene rings is 1. The molecule has 0 fully saturated rings. The molecule has 0 aliphatic heterocycles. The third-order valence-corrected chi connectivity index (χ3v) is 2.49. The molecule has 1 rings (SSSR count). The lowest BCUT2D eigenvalue weighted by molar-refractivity contribution is -0.120. The van der Waals surface area contributed by atoms with Gasteiger partial charge in [-0.15, -0.1) is 0 Å². The van der Waals surface area contributed by atoms with Gasteiger partial charge in [-0.1, -0.05) is 6.92 Å². The van der Waals surface area contributed by atoms with E-state index in [1.807, 2.05) is 6.92 Å². The Hall–Kier alpha value is -2.08. The Morgan fingerprint density at radius 1 is 1.32 bits per heavy atom. The zero-order valence-corrected chi connectivity index (χ0v) is 10.9. The molecule has 0 aliphatic carbocycles. The van der Waals surface area contributed by atoms with Gasteiger partial charge < -0.3 is 21.5 Å². The first-order valence-corrected chi connectivity index (χ1v) is 6.08. The van der Waals surface area contributed by atoms with Gasteiger partial charge in [-0.05, 0) is 30.7 Å². The van der Waals surface area contributed by atoms with E-state index in [1.165, 1.54) is 0 Å². The van der Waals surface area contributed by atoms with Crippen molar-refractivity contribution in [3.05, 3.63) is 24.3 Å². The van der Waals surface area contributed by atoms with Crippen LogP contribution in [0.3, 0.4) is 0 Å². The molecule has 0 aliphatic rings. The third kappa shape index (κ3) is 5.87. The van der Waals surface area contributed by atoms with Gasteiger partial charge in [-0.25, -0.2) is 0 Å². The van der Waals surface area contributed by atoms with E-state index in [4.69, 9.17) is 16.2 Å². The van der Waals surface area contributed by atoms with Crippen LogP contribution in [0.1, 0.15) is 19.8 Å². The maximum Gasteiger partial charge on any atom is 0.255 e. The van der Waals surface area contributed by atoms with E-state index in [0.29, 0.717) is 11.4 Å². The zero-order chi connectivity index (χ0) is 14.3. The fourth-order valence-electron chi connectivity index (χ4n) is 1.38. The maximum absolute atomic E-state index is 11.6. The van der Waals surface area contributed by atoms with Crippen LogP contribution in [-0.4, -0.2) is 24.5 Å². The minimum atomic E-state index is -0.536. The van der Waals surface area contributed by atoms with Gasteiger partial charge in [0.05, 0.1) is 0 Å².